The number of phenolic OH excluding ortho intramolecular Hbond substituents is 2. The first-order valence-corrected chi connectivity index (χ1v) is 4.98. The molecule has 0 saturated heterocycles. The lowest BCUT2D eigenvalue weighted by Gasteiger charge is -2.06. The molecule has 0 spiro atoms. The molecule has 2 rings (SSSR count). The number of rotatable bonds is 2. The van der Waals surface area contributed by atoms with Gasteiger partial charge in [-0.2, -0.15) is 0 Å². The summed E-state index contributed by atoms with van der Waals surface area (Å²) in [6.07, 6.45) is 0. The van der Waals surface area contributed by atoms with Crippen LogP contribution in [0.2, 0.25) is 5.02 Å². The van der Waals surface area contributed by atoms with Crippen LogP contribution in [0, 0.1) is 0 Å². The van der Waals surface area contributed by atoms with Crippen LogP contribution in [-0.4, -0.2) is 10.2 Å². The number of halogens is 1. The second-order valence-electron chi connectivity index (χ2n) is 3.24. The van der Waals surface area contributed by atoms with Gasteiger partial charge in [0, 0.05) is 23.2 Å². The highest BCUT2D eigenvalue weighted by Gasteiger charge is 2.01. The summed E-state index contributed by atoms with van der Waals surface area (Å²) in [6.45, 7) is 0. The topological polar surface area (TPSA) is 49.7 Å². The number of ether oxygens (including phenoxy) is 1. The van der Waals surface area contributed by atoms with Gasteiger partial charge in [0.15, 0.2) is 0 Å². The summed E-state index contributed by atoms with van der Waals surface area (Å²) in [5, 5.41) is 19.1. The summed E-state index contributed by atoms with van der Waals surface area (Å²) in [5.41, 5.74) is 0. The molecule has 2 N–H and O–H groups in total. The van der Waals surface area contributed by atoms with Crippen molar-refractivity contribution < 1.29 is 14.9 Å². The Morgan fingerprint density at radius 2 is 1.38 bits per heavy atom. The van der Waals surface area contributed by atoms with Crippen molar-refractivity contribution in [2.45, 2.75) is 0 Å². The van der Waals surface area contributed by atoms with Crippen LogP contribution in [-0.2, 0) is 0 Å². The molecule has 2 aromatic rings. The van der Waals surface area contributed by atoms with Crippen LogP contribution in [0.5, 0.6) is 23.0 Å². The predicted octanol–water partition coefficient (Wildman–Crippen LogP) is 3.54. The number of hydrogen-bond donors (Lipinski definition) is 2. The standard InChI is InChI=1S/C12H9ClO3/c13-8-1-3-11(4-2-8)16-12-6-9(14)5-10(15)7-12/h1-7,14-15H. The van der Waals surface area contributed by atoms with Gasteiger partial charge >= 0.3 is 0 Å². The van der Waals surface area contributed by atoms with Crippen LogP contribution in [0.4, 0.5) is 0 Å². The third-order valence-corrected chi connectivity index (χ3v) is 2.18. The molecule has 0 radical (unpaired) electrons. The van der Waals surface area contributed by atoms with Crippen molar-refractivity contribution in [1.82, 2.24) is 0 Å². The molecule has 82 valence electrons. The Morgan fingerprint density at radius 1 is 0.812 bits per heavy atom. The lowest BCUT2D eigenvalue weighted by molar-refractivity contribution is 0.432. The van der Waals surface area contributed by atoms with Gasteiger partial charge in [0.1, 0.15) is 23.0 Å². The van der Waals surface area contributed by atoms with Gasteiger partial charge in [-0.25, -0.2) is 0 Å². The average Bonchev–Trinajstić information content (AvgIpc) is 2.20. The maximum Gasteiger partial charge on any atom is 0.134 e. The van der Waals surface area contributed by atoms with Gasteiger partial charge < -0.3 is 14.9 Å². The van der Waals surface area contributed by atoms with Crippen LogP contribution < -0.4 is 4.74 Å². The quantitative estimate of drug-likeness (QED) is 0.839. The number of benzene rings is 2. The van der Waals surface area contributed by atoms with E-state index in [9.17, 15) is 10.2 Å². The van der Waals surface area contributed by atoms with Crippen LogP contribution in [0.25, 0.3) is 0 Å². The molecule has 0 saturated carbocycles. The Labute approximate surface area is 97.5 Å². The van der Waals surface area contributed by atoms with E-state index < -0.39 is 0 Å². The summed E-state index contributed by atoms with van der Waals surface area (Å²) < 4.78 is 5.42. The van der Waals surface area contributed by atoms with Gasteiger partial charge in [-0.3, -0.25) is 0 Å². The summed E-state index contributed by atoms with van der Waals surface area (Å²) in [4.78, 5) is 0. The van der Waals surface area contributed by atoms with Gasteiger partial charge in [-0.15, -0.1) is 0 Å². The second kappa shape index (κ2) is 4.33. The van der Waals surface area contributed by atoms with Crippen molar-refractivity contribution in [2.24, 2.45) is 0 Å². The maximum atomic E-state index is 9.25. The lowest BCUT2D eigenvalue weighted by atomic mass is 10.3. The van der Waals surface area contributed by atoms with E-state index in [2.05, 4.69) is 0 Å². The molecule has 0 aliphatic carbocycles. The van der Waals surface area contributed by atoms with Crippen LogP contribution in [0.3, 0.4) is 0 Å². The summed E-state index contributed by atoms with van der Waals surface area (Å²) >= 11 is 5.73. The average molecular weight is 237 g/mol. The van der Waals surface area contributed by atoms with E-state index in [1.165, 1.54) is 18.2 Å². The summed E-state index contributed by atoms with van der Waals surface area (Å²) in [5.74, 6) is 0.835. The van der Waals surface area contributed by atoms with Gasteiger partial charge in [0.2, 0.25) is 0 Å². The number of phenols is 2. The Hall–Kier alpha value is -1.87. The highest BCUT2D eigenvalue weighted by Crippen LogP contribution is 2.29. The molecule has 0 amide bonds. The van der Waals surface area contributed by atoms with E-state index in [4.69, 9.17) is 16.3 Å². The molecule has 0 atom stereocenters. The maximum absolute atomic E-state index is 9.25. The Morgan fingerprint density at radius 3 is 1.94 bits per heavy atom. The molecule has 0 aliphatic rings. The first-order chi connectivity index (χ1) is 7.63. The number of hydrogen-bond acceptors (Lipinski definition) is 3. The smallest absolute Gasteiger partial charge is 0.134 e. The van der Waals surface area contributed by atoms with Crippen molar-refractivity contribution in [2.75, 3.05) is 0 Å². The van der Waals surface area contributed by atoms with Crippen molar-refractivity contribution >= 4 is 11.6 Å². The van der Waals surface area contributed by atoms with E-state index in [0.717, 1.165) is 0 Å². The first-order valence-electron chi connectivity index (χ1n) is 4.60. The van der Waals surface area contributed by atoms with E-state index in [1.54, 1.807) is 24.3 Å². The Bertz CT molecular complexity index is 474. The lowest BCUT2D eigenvalue weighted by Crippen LogP contribution is -1.83. The fourth-order valence-electron chi connectivity index (χ4n) is 1.27. The zero-order chi connectivity index (χ0) is 11.5. The molecule has 0 aromatic heterocycles. The van der Waals surface area contributed by atoms with Crippen molar-refractivity contribution in [3.63, 3.8) is 0 Å². The minimum absolute atomic E-state index is 0.0519. The van der Waals surface area contributed by atoms with E-state index in [-0.39, 0.29) is 11.5 Å². The fourth-order valence-corrected chi connectivity index (χ4v) is 1.39. The summed E-state index contributed by atoms with van der Waals surface area (Å²) in [7, 11) is 0. The Kier molecular flexibility index (Phi) is 2.88. The molecule has 0 aliphatic heterocycles. The van der Waals surface area contributed by atoms with Crippen molar-refractivity contribution in [3.8, 4) is 23.0 Å². The minimum atomic E-state index is -0.0519. The molecule has 16 heavy (non-hydrogen) atoms. The van der Waals surface area contributed by atoms with E-state index in [0.29, 0.717) is 16.5 Å². The zero-order valence-electron chi connectivity index (χ0n) is 8.22. The van der Waals surface area contributed by atoms with Crippen molar-refractivity contribution in [3.05, 3.63) is 47.5 Å². The third kappa shape index (κ3) is 2.58. The molecular weight excluding hydrogens is 228 g/mol. The van der Waals surface area contributed by atoms with Crippen LogP contribution in [0.15, 0.2) is 42.5 Å². The Balaban J connectivity index is 2.23. The molecule has 0 unspecified atom stereocenters. The highest BCUT2D eigenvalue weighted by atomic mass is 35.5. The SMILES string of the molecule is Oc1cc(O)cc(Oc2ccc(Cl)cc2)c1. The minimum Gasteiger partial charge on any atom is -0.508 e. The highest BCUT2D eigenvalue weighted by molar-refractivity contribution is 6.30. The molecule has 4 heteroatoms. The van der Waals surface area contributed by atoms with Gasteiger partial charge in [-0.1, -0.05) is 11.6 Å². The normalized spacial score (nSPS) is 10.1. The van der Waals surface area contributed by atoms with E-state index >= 15 is 0 Å². The summed E-state index contributed by atoms with van der Waals surface area (Å²) in [6, 6.07) is 10.8. The second-order valence-corrected chi connectivity index (χ2v) is 3.68. The third-order valence-electron chi connectivity index (χ3n) is 1.93. The predicted molar refractivity (Wildman–Crippen MR) is 61.3 cm³/mol. The van der Waals surface area contributed by atoms with E-state index in [1.807, 2.05) is 0 Å². The number of aromatic hydroxyl groups is 2. The van der Waals surface area contributed by atoms with Crippen molar-refractivity contribution in [1.29, 1.82) is 0 Å². The monoisotopic (exact) mass is 236 g/mol. The van der Waals surface area contributed by atoms with Gasteiger partial charge in [0.25, 0.3) is 0 Å². The molecule has 2 aromatic carbocycles. The van der Waals surface area contributed by atoms with Crippen LogP contribution >= 0.6 is 11.6 Å². The fraction of sp³-hybridized carbons (Fsp3) is 0. The van der Waals surface area contributed by atoms with Gasteiger partial charge in [-0.05, 0) is 24.3 Å². The first kappa shape index (κ1) is 10.6. The molecule has 0 bridgehead atoms. The zero-order valence-corrected chi connectivity index (χ0v) is 8.98. The molecule has 0 heterocycles. The van der Waals surface area contributed by atoms with Gasteiger partial charge in [0.05, 0.1) is 0 Å². The largest absolute Gasteiger partial charge is 0.508 e. The van der Waals surface area contributed by atoms with Crippen LogP contribution in [0.1, 0.15) is 0 Å². The molecular formula is C12H9ClO3. The molecule has 3 nitrogen and oxygen atoms in total. The molecule has 0 fully saturated rings.